The monoisotopic (exact) mass is 376 g/mol. The first-order chi connectivity index (χ1) is 12.6. The van der Waals surface area contributed by atoms with Gasteiger partial charge in [0.2, 0.25) is 0 Å². The molecule has 1 unspecified atom stereocenters. The van der Waals surface area contributed by atoms with Gasteiger partial charge in [-0.1, -0.05) is 6.07 Å². The predicted octanol–water partition coefficient (Wildman–Crippen LogP) is 4.78. The van der Waals surface area contributed by atoms with E-state index < -0.39 is 6.61 Å². The summed E-state index contributed by atoms with van der Waals surface area (Å²) >= 11 is 1.68. The van der Waals surface area contributed by atoms with Crippen LogP contribution in [0.4, 0.5) is 14.5 Å². The lowest BCUT2D eigenvalue weighted by Crippen LogP contribution is -2.38. The number of pyridine rings is 1. The lowest BCUT2D eigenvalue weighted by molar-refractivity contribution is -0.0497. The van der Waals surface area contributed by atoms with Gasteiger partial charge in [-0.15, -0.1) is 11.3 Å². The van der Waals surface area contributed by atoms with Crippen molar-refractivity contribution in [1.29, 1.82) is 0 Å². The van der Waals surface area contributed by atoms with E-state index in [9.17, 15) is 8.78 Å². The van der Waals surface area contributed by atoms with Crippen LogP contribution in [0.5, 0.6) is 5.75 Å². The highest BCUT2D eigenvalue weighted by Gasteiger charge is 2.24. The standard InChI is InChI=1S/C19H18F2N2O2S/c1-12-9-16(14-10-13(25-19(20)21)4-5-15(14)22-12)23-6-7-24-17(11-23)18-3-2-8-26-18/h2-5,8-10,17,19H,6-7,11H2,1H3. The van der Waals surface area contributed by atoms with Crippen LogP contribution in [0.2, 0.25) is 0 Å². The molecule has 0 N–H and O–H groups in total. The van der Waals surface area contributed by atoms with Gasteiger partial charge in [-0.3, -0.25) is 4.98 Å². The summed E-state index contributed by atoms with van der Waals surface area (Å²) in [5.41, 5.74) is 2.62. The molecule has 0 spiro atoms. The lowest BCUT2D eigenvalue weighted by Gasteiger charge is -2.35. The van der Waals surface area contributed by atoms with Crippen LogP contribution in [0.3, 0.4) is 0 Å². The largest absolute Gasteiger partial charge is 0.435 e. The average Bonchev–Trinajstić information content (AvgIpc) is 3.16. The number of anilines is 1. The Balaban J connectivity index is 1.72. The molecule has 7 heteroatoms. The molecule has 136 valence electrons. The van der Waals surface area contributed by atoms with Gasteiger partial charge in [0.1, 0.15) is 11.9 Å². The molecule has 0 radical (unpaired) electrons. The lowest BCUT2D eigenvalue weighted by atomic mass is 10.1. The summed E-state index contributed by atoms with van der Waals surface area (Å²) in [6, 6.07) is 11.0. The minimum absolute atomic E-state index is 0.00719. The first-order valence-electron chi connectivity index (χ1n) is 8.36. The fourth-order valence-corrected chi connectivity index (χ4v) is 4.03. The van der Waals surface area contributed by atoms with Gasteiger partial charge in [-0.05, 0) is 42.6 Å². The normalized spacial score (nSPS) is 17.8. The Labute approximate surface area is 154 Å². The molecule has 1 fully saturated rings. The molecule has 1 atom stereocenters. The number of ether oxygens (including phenoxy) is 2. The van der Waals surface area contributed by atoms with Crippen LogP contribution in [0.15, 0.2) is 41.8 Å². The number of alkyl halides is 2. The summed E-state index contributed by atoms with van der Waals surface area (Å²) in [7, 11) is 0. The van der Waals surface area contributed by atoms with Crippen molar-refractivity contribution < 1.29 is 18.3 Å². The molecule has 1 aliphatic rings. The first-order valence-corrected chi connectivity index (χ1v) is 9.24. The van der Waals surface area contributed by atoms with E-state index in [1.54, 1.807) is 23.5 Å². The van der Waals surface area contributed by atoms with Gasteiger partial charge in [0.25, 0.3) is 0 Å². The number of thiophene rings is 1. The maximum atomic E-state index is 12.6. The fourth-order valence-electron chi connectivity index (χ4n) is 3.27. The highest BCUT2D eigenvalue weighted by Crippen LogP contribution is 2.34. The molecule has 1 aromatic carbocycles. The van der Waals surface area contributed by atoms with Crippen LogP contribution in [-0.4, -0.2) is 31.3 Å². The topological polar surface area (TPSA) is 34.6 Å². The van der Waals surface area contributed by atoms with Gasteiger partial charge in [0.05, 0.1) is 12.1 Å². The van der Waals surface area contributed by atoms with Crippen LogP contribution in [0, 0.1) is 6.92 Å². The Kier molecular flexibility index (Phi) is 4.74. The van der Waals surface area contributed by atoms with Crippen LogP contribution in [0.1, 0.15) is 16.7 Å². The van der Waals surface area contributed by atoms with E-state index in [0.717, 1.165) is 28.8 Å². The number of morpholine rings is 1. The molecule has 26 heavy (non-hydrogen) atoms. The maximum Gasteiger partial charge on any atom is 0.387 e. The summed E-state index contributed by atoms with van der Waals surface area (Å²) < 4.78 is 35.7. The molecule has 2 aromatic heterocycles. The van der Waals surface area contributed by atoms with Crippen molar-refractivity contribution in [2.75, 3.05) is 24.6 Å². The first kappa shape index (κ1) is 17.2. The smallest absolute Gasteiger partial charge is 0.387 e. The minimum atomic E-state index is -2.85. The number of rotatable bonds is 4. The molecule has 0 aliphatic carbocycles. The summed E-state index contributed by atoms with van der Waals surface area (Å²) in [6.07, 6.45) is 0.00719. The third-order valence-corrected chi connectivity index (χ3v) is 5.34. The molecule has 4 nitrogen and oxygen atoms in total. The minimum Gasteiger partial charge on any atom is -0.435 e. The number of aromatic nitrogens is 1. The van der Waals surface area contributed by atoms with Crippen LogP contribution in [-0.2, 0) is 4.74 Å². The number of hydrogen-bond acceptors (Lipinski definition) is 5. The van der Waals surface area contributed by atoms with Gasteiger partial charge in [-0.25, -0.2) is 0 Å². The van der Waals surface area contributed by atoms with E-state index in [2.05, 4.69) is 20.7 Å². The van der Waals surface area contributed by atoms with Gasteiger partial charge in [0.15, 0.2) is 0 Å². The molecule has 1 aliphatic heterocycles. The second-order valence-electron chi connectivity index (χ2n) is 6.16. The summed E-state index contributed by atoms with van der Waals surface area (Å²) in [6.45, 7) is 1.14. The number of nitrogens with zero attached hydrogens (tertiary/aromatic N) is 2. The molecular weight excluding hydrogens is 358 g/mol. The Morgan fingerprint density at radius 2 is 2.19 bits per heavy atom. The number of fused-ring (bicyclic) bond motifs is 1. The Morgan fingerprint density at radius 3 is 2.96 bits per heavy atom. The second kappa shape index (κ2) is 7.17. The van der Waals surface area contributed by atoms with Crippen molar-refractivity contribution in [3.63, 3.8) is 0 Å². The average molecular weight is 376 g/mol. The van der Waals surface area contributed by atoms with E-state index in [0.29, 0.717) is 13.2 Å². The number of hydrogen-bond donors (Lipinski definition) is 0. The zero-order chi connectivity index (χ0) is 18.1. The summed E-state index contributed by atoms with van der Waals surface area (Å²) in [5.74, 6) is 0.141. The Morgan fingerprint density at radius 1 is 1.31 bits per heavy atom. The number of benzene rings is 1. The molecular formula is C19H18F2N2O2S. The van der Waals surface area contributed by atoms with E-state index in [-0.39, 0.29) is 11.9 Å². The van der Waals surface area contributed by atoms with Gasteiger partial charge >= 0.3 is 6.61 Å². The zero-order valence-electron chi connectivity index (χ0n) is 14.2. The predicted molar refractivity (Wildman–Crippen MR) is 98.3 cm³/mol. The third kappa shape index (κ3) is 3.50. The second-order valence-corrected chi connectivity index (χ2v) is 7.14. The Bertz CT molecular complexity index is 902. The van der Waals surface area contributed by atoms with Gasteiger partial charge in [0, 0.05) is 34.7 Å². The van der Waals surface area contributed by atoms with Crippen molar-refractivity contribution in [2.45, 2.75) is 19.6 Å². The highest BCUT2D eigenvalue weighted by atomic mass is 32.1. The zero-order valence-corrected chi connectivity index (χ0v) is 15.0. The quantitative estimate of drug-likeness (QED) is 0.656. The van der Waals surface area contributed by atoms with Crippen molar-refractivity contribution >= 4 is 27.9 Å². The molecule has 1 saturated heterocycles. The van der Waals surface area contributed by atoms with Gasteiger partial charge < -0.3 is 14.4 Å². The highest BCUT2D eigenvalue weighted by molar-refractivity contribution is 7.10. The van der Waals surface area contributed by atoms with E-state index >= 15 is 0 Å². The summed E-state index contributed by atoms with van der Waals surface area (Å²) in [5, 5.41) is 2.85. The van der Waals surface area contributed by atoms with E-state index in [1.165, 1.54) is 10.9 Å². The molecule has 3 heterocycles. The van der Waals surface area contributed by atoms with Crippen molar-refractivity contribution in [3.05, 3.63) is 52.3 Å². The third-order valence-electron chi connectivity index (χ3n) is 4.38. The number of aryl methyl sites for hydroxylation is 1. The van der Waals surface area contributed by atoms with Crippen LogP contribution < -0.4 is 9.64 Å². The van der Waals surface area contributed by atoms with Crippen LogP contribution in [0.25, 0.3) is 10.9 Å². The van der Waals surface area contributed by atoms with E-state index in [1.807, 2.05) is 24.4 Å². The SMILES string of the molecule is Cc1cc(N2CCOC(c3cccs3)C2)c2cc(OC(F)F)ccc2n1. The molecule has 4 rings (SSSR count). The Hall–Kier alpha value is -2.25. The van der Waals surface area contributed by atoms with E-state index in [4.69, 9.17) is 4.74 Å². The number of halogens is 2. The van der Waals surface area contributed by atoms with Crippen LogP contribution >= 0.6 is 11.3 Å². The molecule has 0 amide bonds. The summed E-state index contributed by atoms with van der Waals surface area (Å²) in [4.78, 5) is 7.94. The molecule has 0 saturated carbocycles. The molecule has 3 aromatic rings. The molecule has 0 bridgehead atoms. The van der Waals surface area contributed by atoms with Crippen molar-refractivity contribution in [3.8, 4) is 5.75 Å². The van der Waals surface area contributed by atoms with Gasteiger partial charge in [-0.2, -0.15) is 8.78 Å². The van der Waals surface area contributed by atoms with Crippen molar-refractivity contribution in [2.24, 2.45) is 0 Å². The maximum absolute atomic E-state index is 12.6. The van der Waals surface area contributed by atoms with Crippen molar-refractivity contribution in [1.82, 2.24) is 4.98 Å². The fraction of sp³-hybridized carbons (Fsp3) is 0.316.